The lowest BCUT2D eigenvalue weighted by Gasteiger charge is -2.41. The Bertz CT molecular complexity index is 1290. The van der Waals surface area contributed by atoms with Crippen molar-refractivity contribution in [1.29, 1.82) is 0 Å². The normalized spacial score (nSPS) is 18.5. The summed E-state index contributed by atoms with van der Waals surface area (Å²) in [4.78, 5) is 21.8. The Labute approximate surface area is 233 Å². The second-order valence-electron chi connectivity index (χ2n) is 11.0. The number of aromatic nitrogens is 1. The highest BCUT2D eigenvalue weighted by Gasteiger charge is 2.51. The van der Waals surface area contributed by atoms with Gasteiger partial charge in [0.25, 0.3) is 0 Å². The fourth-order valence-corrected chi connectivity index (χ4v) is 5.11. The summed E-state index contributed by atoms with van der Waals surface area (Å²) in [6, 6.07) is 15.6. The van der Waals surface area contributed by atoms with Crippen molar-refractivity contribution in [2.24, 2.45) is 0 Å². The van der Waals surface area contributed by atoms with Gasteiger partial charge in [0.05, 0.1) is 0 Å². The molecule has 1 aromatic heterocycles. The van der Waals surface area contributed by atoms with Crippen LogP contribution in [0.25, 0.3) is 11.1 Å². The average Bonchev–Trinajstić information content (AvgIpc) is 2.89. The largest absolute Gasteiger partial charge is 0.421 e. The molecule has 2 aromatic carbocycles. The van der Waals surface area contributed by atoms with Gasteiger partial charge in [-0.3, -0.25) is 19.6 Å². The van der Waals surface area contributed by atoms with Crippen molar-refractivity contribution < 1.29 is 23.1 Å². The van der Waals surface area contributed by atoms with E-state index in [1.807, 2.05) is 45.0 Å². The minimum Gasteiger partial charge on any atom is -0.376 e. The molecule has 2 atom stereocenters. The van der Waals surface area contributed by atoms with Gasteiger partial charge >= 0.3 is 6.18 Å². The van der Waals surface area contributed by atoms with Gasteiger partial charge < -0.3 is 10.4 Å². The topological polar surface area (TPSA) is 68.7 Å². The molecule has 1 unspecified atom stereocenters. The Hall–Kier alpha value is -3.27. The lowest BCUT2D eigenvalue weighted by molar-refractivity contribution is -0.258. The third-order valence-electron chi connectivity index (χ3n) is 7.45. The van der Waals surface area contributed by atoms with E-state index in [9.17, 15) is 23.1 Å². The van der Waals surface area contributed by atoms with Gasteiger partial charge in [0, 0.05) is 51.2 Å². The molecular weight excluding hydrogens is 517 g/mol. The molecule has 3 aromatic rings. The van der Waals surface area contributed by atoms with Crippen LogP contribution in [0, 0.1) is 6.92 Å². The third kappa shape index (κ3) is 6.89. The maximum Gasteiger partial charge on any atom is 0.421 e. The predicted molar refractivity (Wildman–Crippen MR) is 149 cm³/mol. The molecule has 1 amide bonds. The zero-order valence-corrected chi connectivity index (χ0v) is 23.4. The number of nitrogens with zero attached hydrogens (tertiary/aromatic N) is 3. The molecule has 0 saturated carbocycles. The Kier molecular flexibility index (Phi) is 8.97. The zero-order valence-electron chi connectivity index (χ0n) is 23.4. The van der Waals surface area contributed by atoms with Gasteiger partial charge in [0.2, 0.25) is 5.91 Å². The summed E-state index contributed by atoms with van der Waals surface area (Å²) >= 11 is 0. The molecule has 6 nitrogen and oxygen atoms in total. The molecule has 4 rings (SSSR count). The molecule has 40 heavy (non-hydrogen) atoms. The summed E-state index contributed by atoms with van der Waals surface area (Å²) in [5, 5.41) is 13.0. The number of pyridine rings is 1. The number of hydrogen-bond acceptors (Lipinski definition) is 5. The van der Waals surface area contributed by atoms with E-state index >= 15 is 0 Å². The van der Waals surface area contributed by atoms with Crippen LogP contribution < -0.4 is 5.32 Å². The first-order valence-electron chi connectivity index (χ1n) is 13.5. The molecule has 1 aliphatic rings. The van der Waals surface area contributed by atoms with Crippen molar-refractivity contribution in [2.75, 3.05) is 19.6 Å². The number of halogens is 3. The number of rotatable bonds is 8. The maximum absolute atomic E-state index is 13.2. The number of aryl methyl sites for hydroxylation is 1. The van der Waals surface area contributed by atoms with Crippen LogP contribution in [-0.4, -0.2) is 63.7 Å². The molecule has 0 bridgehead atoms. The van der Waals surface area contributed by atoms with E-state index in [1.165, 1.54) is 12.1 Å². The SMILES string of the molecule is Cc1cc(CN2CCN(Cc3ccncc3)C[C@H]2C(=O)NC(C)C)ccc1-c1ccc(C(C)(O)C(F)(F)F)cc1. The number of carbonyl (C=O) groups excluding carboxylic acids is 1. The van der Waals surface area contributed by atoms with Crippen LogP contribution in [0.3, 0.4) is 0 Å². The Balaban J connectivity index is 1.49. The molecule has 214 valence electrons. The van der Waals surface area contributed by atoms with Gasteiger partial charge in [0.15, 0.2) is 5.60 Å². The molecular formula is C31H37F3N4O2. The van der Waals surface area contributed by atoms with Crippen LogP contribution in [0.5, 0.6) is 0 Å². The van der Waals surface area contributed by atoms with E-state index in [-0.39, 0.29) is 23.6 Å². The molecule has 1 aliphatic heterocycles. The average molecular weight is 555 g/mol. The summed E-state index contributed by atoms with van der Waals surface area (Å²) in [6.07, 6.45) is -1.21. The highest BCUT2D eigenvalue weighted by Crippen LogP contribution is 2.39. The molecule has 1 fully saturated rings. The van der Waals surface area contributed by atoms with Gasteiger partial charge in [-0.1, -0.05) is 42.5 Å². The minimum atomic E-state index is -4.76. The number of amides is 1. The summed E-state index contributed by atoms with van der Waals surface area (Å²) in [5.41, 5.74) is 1.75. The first-order valence-corrected chi connectivity index (χ1v) is 13.5. The van der Waals surface area contributed by atoms with Crippen LogP contribution in [0.1, 0.15) is 43.0 Å². The van der Waals surface area contributed by atoms with Crippen LogP contribution in [0.15, 0.2) is 67.0 Å². The molecule has 2 heterocycles. The second-order valence-corrected chi connectivity index (χ2v) is 11.0. The lowest BCUT2D eigenvalue weighted by atomic mass is 9.92. The van der Waals surface area contributed by atoms with Gasteiger partial charge in [-0.2, -0.15) is 13.2 Å². The fourth-order valence-electron chi connectivity index (χ4n) is 5.11. The van der Waals surface area contributed by atoms with Crippen molar-refractivity contribution in [3.63, 3.8) is 0 Å². The Morgan fingerprint density at radius 2 is 1.70 bits per heavy atom. The van der Waals surface area contributed by atoms with Gasteiger partial charge in [-0.25, -0.2) is 0 Å². The highest BCUT2D eigenvalue weighted by molar-refractivity contribution is 5.82. The predicted octanol–water partition coefficient (Wildman–Crippen LogP) is 5.04. The first-order chi connectivity index (χ1) is 18.8. The molecule has 2 N–H and O–H groups in total. The standard InChI is InChI=1S/C31H37F3N4O2/c1-21(2)36-29(39)28-20-37(18-23-11-13-35-14-12-23)15-16-38(28)19-24-5-10-27(22(3)17-24)25-6-8-26(9-7-25)30(4,40)31(32,33)34/h5-14,17,21,28,40H,15-16,18-20H2,1-4H3,(H,36,39)/t28-,30?/m0/s1. The number of piperazine rings is 1. The number of hydrogen-bond donors (Lipinski definition) is 2. The number of benzene rings is 2. The van der Waals surface area contributed by atoms with Crippen molar-refractivity contribution in [1.82, 2.24) is 20.1 Å². The number of carbonyl (C=O) groups is 1. The van der Waals surface area contributed by atoms with Gasteiger partial charge in [-0.15, -0.1) is 0 Å². The van der Waals surface area contributed by atoms with Crippen molar-refractivity contribution in [2.45, 2.75) is 64.6 Å². The van der Waals surface area contributed by atoms with Crippen molar-refractivity contribution >= 4 is 5.91 Å². The van der Waals surface area contributed by atoms with E-state index < -0.39 is 11.8 Å². The van der Waals surface area contributed by atoms with E-state index in [0.717, 1.165) is 54.4 Å². The molecule has 9 heteroatoms. The van der Waals surface area contributed by atoms with E-state index in [2.05, 4.69) is 26.2 Å². The van der Waals surface area contributed by atoms with Crippen LogP contribution in [0.4, 0.5) is 13.2 Å². The van der Waals surface area contributed by atoms with Crippen LogP contribution >= 0.6 is 0 Å². The summed E-state index contributed by atoms with van der Waals surface area (Å²) in [7, 11) is 0. The van der Waals surface area contributed by atoms with E-state index in [1.54, 1.807) is 24.5 Å². The fraction of sp³-hybridized carbons (Fsp3) is 0.419. The van der Waals surface area contributed by atoms with Crippen molar-refractivity contribution in [3.05, 3.63) is 89.2 Å². The number of nitrogens with one attached hydrogen (secondary N) is 1. The molecule has 0 aliphatic carbocycles. The summed E-state index contributed by atoms with van der Waals surface area (Å²) in [6.45, 7) is 10.2. The smallest absolute Gasteiger partial charge is 0.376 e. The van der Waals surface area contributed by atoms with Gasteiger partial charge in [0.1, 0.15) is 6.04 Å². The Morgan fingerprint density at radius 3 is 2.30 bits per heavy atom. The highest BCUT2D eigenvalue weighted by atomic mass is 19.4. The van der Waals surface area contributed by atoms with Crippen LogP contribution in [-0.2, 0) is 23.5 Å². The Morgan fingerprint density at radius 1 is 1.02 bits per heavy atom. The molecule has 1 saturated heterocycles. The molecule has 0 radical (unpaired) electrons. The summed E-state index contributed by atoms with van der Waals surface area (Å²) < 4.78 is 39.7. The lowest BCUT2D eigenvalue weighted by Crippen LogP contribution is -2.59. The first kappa shape index (κ1) is 29.7. The van der Waals surface area contributed by atoms with E-state index in [4.69, 9.17) is 0 Å². The van der Waals surface area contributed by atoms with Crippen molar-refractivity contribution in [3.8, 4) is 11.1 Å². The quantitative estimate of drug-likeness (QED) is 0.409. The number of alkyl halides is 3. The number of aliphatic hydroxyl groups is 1. The maximum atomic E-state index is 13.2. The second kappa shape index (κ2) is 12.1. The third-order valence-corrected chi connectivity index (χ3v) is 7.45. The summed E-state index contributed by atoms with van der Waals surface area (Å²) in [5.74, 6) is 0.0117. The van der Waals surface area contributed by atoms with E-state index in [0.29, 0.717) is 13.1 Å². The minimum absolute atomic E-state index is 0.0117. The monoisotopic (exact) mass is 554 g/mol. The zero-order chi connectivity index (χ0) is 29.1. The van der Waals surface area contributed by atoms with Crippen LogP contribution in [0.2, 0.25) is 0 Å². The molecule has 0 spiro atoms. The van der Waals surface area contributed by atoms with Gasteiger partial charge in [-0.05, 0) is 73.2 Å².